The van der Waals surface area contributed by atoms with E-state index in [1.165, 1.54) is 19.1 Å². The molecule has 1 amide bonds. The first kappa shape index (κ1) is 17.9. The lowest BCUT2D eigenvalue weighted by Gasteiger charge is -2.23. The van der Waals surface area contributed by atoms with Crippen LogP contribution in [0.2, 0.25) is 0 Å². The third-order valence-corrected chi connectivity index (χ3v) is 5.13. The summed E-state index contributed by atoms with van der Waals surface area (Å²) in [6, 6.07) is 3.70. The highest BCUT2D eigenvalue weighted by Gasteiger charge is 2.26. The van der Waals surface area contributed by atoms with Crippen molar-refractivity contribution in [1.29, 1.82) is 0 Å². The summed E-state index contributed by atoms with van der Waals surface area (Å²) in [5.41, 5.74) is 5.84. The van der Waals surface area contributed by atoms with Crippen molar-refractivity contribution in [2.24, 2.45) is 0 Å². The van der Waals surface area contributed by atoms with Crippen LogP contribution in [0.4, 0.5) is 5.69 Å². The van der Waals surface area contributed by atoms with E-state index in [0.717, 1.165) is 0 Å². The number of likely N-dealkylation sites (N-methyl/N-ethyl adjacent to an activating group) is 1. The Morgan fingerprint density at radius 1 is 1.38 bits per heavy atom. The summed E-state index contributed by atoms with van der Waals surface area (Å²) in [5, 5.41) is 0. The average Bonchev–Trinajstić information content (AvgIpc) is 2.42. The van der Waals surface area contributed by atoms with Gasteiger partial charge in [0.15, 0.2) is 0 Å². The lowest BCUT2D eigenvalue weighted by atomic mass is 10.3. The maximum Gasteiger partial charge on any atom is 0.243 e. The summed E-state index contributed by atoms with van der Waals surface area (Å²) in [4.78, 5) is 13.6. The highest BCUT2D eigenvalue weighted by atomic mass is 79.9. The molecule has 0 bridgehead atoms. The quantitative estimate of drug-likeness (QED) is 0.735. The highest BCUT2D eigenvalue weighted by Crippen LogP contribution is 2.23. The largest absolute Gasteiger partial charge is 0.398 e. The van der Waals surface area contributed by atoms with Gasteiger partial charge < -0.3 is 10.6 Å². The summed E-state index contributed by atoms with van der Waals surface area (Å²) in [6.45, 7) is 6.26. The zero-order valence-corrected chi connectivity index (χ0v) is 14.7. The Hall–Kier alpha value is -1.12. The van der Waals surface area contributed by atoms with Crippen LogP contribution in [-0.4, -0.2) is 38.4 Å². The summed E-state index contributed by atoms with van der Waals surface area (Å²) < 4.78 is 27.6. The third-order valence-electron chi connectivity index (χ3n) is 3.04. The van der Waals surface area contributed by atoms with Gasteiger partial charge in [-0.1, -0.05) is 15.9 Å². The Labute approximate surface area is 133 Å². The number of anilines is 1. The van der Waals surface area contributed by atoms with Gasteiger partial charge in [-0.25, -0.2) is 8.42 Å². The molecule has 0 saturated carbocycles. The first-order chi connectivity index (χ1) is 9.72. The Kier molecular flexibility index (Phi) is 6.18. The monoisotopic (exact) mass is 377 g/mol. The van der Waals surface area contributed by atoms with E-state index in [9.17, 15) is 13.2 Å². The van der Waals surface area contributed by atoms with E-state index in [0.29, 0.717) is 17.6 Å². The van der Waals surface area contributed by atoms with Crippen LogP contribution in [0, 0.1) is 0 Å². The van der Waals surface area contributed by atoms with Crippen LogP contribution >= 0.6 is 15.9 Å². The third kappa shape index (κ3) is 4.42. The molecule has 0 aliphatic carbocycles. The topological polar surface area (TPSA) is 92.5 Å². The number of hydrogen-bond acceptors (Lipinski definition) is 4. The van der Waals surface area contributed by atoms with Crippen LogP contribution in [0.25, 0.3) is 0 Å². The van der Waals surface area contributed by atoms with Gasteiger partial charge in [0.1, 0.15) is 4.90 Å². The van der Waals surface area contributed by atoms with Gasteiger partial charge in [-0.2, -0.15) is 4.72 Å². The number of amides is 1. The molecule has 0 aliphatic rings. The van der Waals surface area contributed by atoms with Crippen LogP contribution in [0.3, 0.4) is 0 Å². The minimum absolute atomic E-state index is 0.0453. The number of nitrogen functional groups attached to an aromatic ring is 1. The van der Waals surface area contributed by atoms with Crippen molar-refractivity contribution in [2.45, 2.75) is 31.7 Å². The van der Waals surface area contributed by atoms with Crippen LogP contribution in [0.15, 0.2) is 27.6 Å². The molecule has 1 unspecified atom stereocenters. The van der Waals surface area contributed by atoms with Gasteiger partial charge in [0, 0.05) is 17.6 Å². The van der Waals surface area contributed by atoms with Crippen LogP contribution in [0.5, 0.6) is 0 Å². The van der Waals surface area contributed by atoms with E-state index >= 15 is 0 Å². The molecule has 118 valence electrons. The van der Waals surface area contributed by atoms with Crippen molar-refractivity contribution in [3.63, 3.8) is 0 Å². The van der Waals surface area contributed by atoms with Gasteiger partial charge in [0.05, 0.1) is 11.7 Å². The molecular formula is C13H20BrN3O3S. The first-order valence-electron chi connectivity index (χ1n) is 6.59. The predicted molar refractivity (Wildman–Crippen MR) is 86.3 cm³/mol. The van der Waals surface area contributed by atoms with E-state index in [4.69, 9.17) is 5.73 Å². The minimum atomic E-state index is -3.86. The second kappa shape index (κ2) is 7.24. The molecule has 0 aliphatic heterocycles. The second-order valence-corrected chi connectivity index (χ2v) is 7.13. The molecule has 6 nitrogen and oxygen atoms in total. The first-order valence-corrected chi connectivity index (χ1v) is 8.86. The number of rotatable bonds is 6. The van der Waals surface area contributed by atoms with Crippen molar-refractivity contribution >= 4 is 37.5 Å². The number of hydrogen-bond donors (Lipinski definition) is 2. The molecule has 3 N–H and O–H groups in total. The molecule has 0 fully saturated rings. The van der Waals surface area contributed by atoms with Gasteiger partial charge in [0.25, 0.3) is 0 Å². The maximum atomic E-state index is 12.3. The van der Waals surface area contributed by atoms with E-state index in [1.54, 1.807) is 11.0 Å². The number of nitrogens with two attached hydrogens (primary N) is 1. The van der Waals surface area contributed by atoms with Crippen molar-refractivity contribution in [3.8, 4) is 0 Å². The lowest BCUT2D eigenvalue weighted by Crippen LogP contribution is -2.46. The molecule has 0 saturated heterocycles. The zero-order chi connectivity index (χ0) is 16.2. The fourth-order valence-corrected chi connectivity index (χ4v) is 3.76. The Morgan fingerprint density at radius 3 is 2.48 bits per heavy atom. The van der Waals surface area contributed by atoms with Crippen molar-refractivity contribution in [3.05, 3.63) is 22.7 Å². The average molecular weight is 378 g/mol. The smallest absolute Gasteiger partial charge is 0.243 e. The molecular weight excluding hydrogens is 358 g/mol. The molecule has 0 spiro atoms. The number of sulfonamides is 1. The van der Waals surface area contributed by atoms with Gasteiger partial charge in [-0.3, -0.25) is 4.79 Å². The fourth-order valence-electron chi connectivity index (χ4n) is 1.90. The van der Waals surface area contributed by atoms with Gasteiger partial charge in [0.2, 0.25) is 15.9 Å². The molecule has 0 heterocycles. The number of carbonyl (C=O) groups is 1. The van der Waals surface area contributed by atoms with E-state index < -0.39 is 16.1 Å². The zero-order valence-electron chi connectivity index (χ0n) is 12.3. The number of nitrogens with zero attached hydrogens (tertiary/aromatic N) is 1. The molecule has 1 aromatic rings. The van der Waals surface area contributed by atoms with Gasteiger partial charge in [-0.05, 0) is 39.0 Å². The lowest BCUT2D eigenvalue weighted by molar-refractivity contribution is -0.132. The molecule has 1 atom stereocenters. The number of halogens is 1. The van der Waals surface area contributed by atoms with Crippen LogP contribution in [-0.2, 0) is 14.8 Å². The normalized spacial score (nSPS) is 13.0. The summed E-state index contributed by atoms with van der Waals surface area (Å²) in [6.07, 6.45) is 0. The van der Waals surface area contributed by atoms with Crippen LogP contribution in [0.1, 0.15) is 20.8 Å². The summed E-state index contributed by atoms with van der Waals surface area (Å²) >= 11 is 3.21. The maximum absolute atomic E-state index is 12.3. The van der Waals surface area contributed by atoms with E-state index in [2.05, 4.69) is 20.7 Å². The molecule has 0 radical (unpaired) electrons. The number of carbonyl (C=O) groups excluding carboxylic acids is 1. The van der Waals surface area contributed by atoms with E-state index in [1.807, 2.05) is 13.8 Å². The molecule has 1 rings (SSSR count). The SMILES string of the molecule is CCN(CC)C(=O)C(C)NS(=O)(=O)c1cc(Br)ccc1N. The Bertz CT molecular complexity index is 615. The van der Waals surface area contributed by atoms with Gasteiger partial charge in [-0.15, -0.1) is 0 Å². The number of benzene rings is 1. The molecule has 1 aromatic carbocycles. The van der Waals surface area contributed by atoms with E-state index in [-0.39, 0.29) is 16.5 Å². The molecule has 21 heavy (non-hydrogen) atoms. The summed E-state index contributed by atoms with van der Waals surface area (Å²) in [5.74, 6) is -0.267. The highest BCUT2D eigenvalue weighted by molar-refractivity contribution is 9.10. The van der Waals surface area contributed by atoms with Crippen molar-refractivity contribution in [1.82, 2.24) is 9.62 Å². The Morgan fingerprint density at radius 2 is 1.95 bits per heavy atom. The van der Waals surface area contributed by atoms with Crippen molar-refractivity contribution < 1.29 is 13.2 Å². The fraction of sp³-hybridized carbons (Fsp3) is 0.462. The van der Waals surface area contributed by atoms with Crippen molar-refractivity contribution in [2.75, 3.05) is 18.8 Å². The second-order valence-electron chi connectivity index (χ2n) is 4.54. The molecule has 8 heteroatoms. The standard InChI is InChI=1S/C13H20BrN3O3S/c1-4-17(5-2)13(18)9(3)16-21(19,20)12-8-10(14)6-7-11(12)15/h6-9,16H,4-5,15H2,1-3H3. The summed E-state index contributed by atoms with van der Waals surface area (Å²) in [7, 11) is -3.86. The van der Waals surface area contributed by atoms with Gasteiger partial charge >= 0.3 is 0 Å². The number of nitrogens with one attached hydrogen (secondary N) is 1. The molecule has 0 aromatic heterocycles. The van der Waals surface area contributed by atoms with Crippen LogP contribution < -0.4 is 10.5 Å². The predicted octanol–water partition coefficient (Wildman–Crippen LogP) is 1.57. The minimum Gasteiger partial charge on any atom is -0.398 e. The Balaban J connectivity index is 3.00.